The fraction of sp³-hybridized carbons (Fsp3) is 0. The molecule has 3 nitrogen and oxygen atoms in total. The van der Waals surface area contributed by atoms with Crippen LogP contribution in [0.2, 0.25) is 10.0 Å². The van der Waals surface area contributed by atoms with E-state index in [1.54, 1.807) is 30.3 Å². The summed E-state index contributed by atoms with van der Waals surface area (Å²) in [5, 5.41) is 4.03. The van der Waals surface area contributed by atoms with Gasteiger partial charge in [-0.15, -0.1) is 0 Å². The summed E-state index contributed by atoms with van der Waals surface area (Å²) < 4.78 is 13.8. The topological polar surface area (TPSA) is 42.0 Å². The predicted molar refractivity (Wildman–Crippen MR) is 93.7 cm³/mol. The zero-order chi connectivity index (χ0) is 16.4. The van der Waals surface area contributed by atoms with Crippen molar-refractivity contribution in [2.45, 2.75) is 0 Å². The first kappa shape index (κ1) is 15.9. The van der Waals surface area contributed by atoms with E-state index in [1.165, 1.54) is 29.5 Å². The molecule has 1 amide bonds. The predicted octanol–water partition coefficient (Wildman–Crippen LogP) is 5.39. The van der Waals surface area contributed by atoms with Gasteiger partial charge in [-0.3, -0.25) is 10.1 Å². The van der Waals surface area contributed by atoms with E-state index in [2.05, 4.69) is 10.3 Å². The van der Waals surface area contributed by atoms with Crippen LogP contribution in [0.4, 0.5) is 9.52 Å². The fourth-order valence-corrected chi connectivity index (χ4v) is 3.27. The van der Waals surface area contributed by atoms with Gasteiger partial charge in [0.15, 0.2) is 5.13 Å². The molecule has 3 aromatic rings. The van der Waals surface area contributed by atoms with Crippen molar-refractivity contribution < 1.29 is 9.18 Å². The SMILES string of the molecule is O=C(C=Cc1ccc(Cl)cc1Cl)Nc1nc2ccc(F)cc2s1. The molecule has 23 heavy (non-hydrogen) atoms. The van der Waals surface area contributed by atoms with Gasteiger partial charge in [-0.1, -0.05) is 40.6 Å². The molecule has 0 aliphatic carbocycles. The number of carbonyl (C=O) groups excluding carboxylic acids is 1. The molecule has 2 aromatic carbocycles. The Morgan fingerprint density at radius 1 is 1.22 bits per heavy atom. The molecule has 0 saturated carbocycles. The summed E-state index contributed by atoms with van der Waals surface area (Å²) in [6.45, 7) is 0. The van der Waals surface area contributed by atoms with Gasteiger partial charge in [0.25, 0.3) is 0 Å². The Balaban J connectivity index is 1.74. The summed E-state index contributed by atoms with van der Waals surface area (Å²) in [4.78, 5) is 16.2. The van der Waals surface area contributed by atoms with Crippen molar-refractivity contribution in [2.24, 2.45) is 0 Å². The Hall–Kier alpha value is -1.95. The number of amides is 1. The van der Waals surface area contributed by atoms with Crippen molar-refractivity contribution >= 4 is 61.9 Å². The summed E-state index contributed by atoms with van der Waals surface area (Å²) in [6.07, 6.45) is 2.93. The van der Waals surface area contributed by atoms with Crippen LogP contribution in [0.5, 0.6) is 0 Å². The Morgan fingerprint density at radius 3 is 2.83 bits per heavy atom. The van der Waals surface area contributed by atoms with Crippen molar-refractivity contribution in [2.75, 3.05) is 5.32 Å². The smallest absolute Gasteiger partial charge is 0.250 e. The van der Waals surface area contributed by atoms with E-state index in [-0.39, 0.29) is 11.7 Å². The van der Waals surface area contributed by atoms with E-state index in [0.29, 0.717) is 31.0 Å². The second-order valence-electron chi connectivity index (χ2n) is 4.62. The van der Waals surface area contributed by atoms with Crippen LogP contribution >= 0.6 is 34.5 Å². The number of nitrogens with zero attached hydrogens (tertiary/aromatic N) is 1. The summed E-state index contributed by atoms with van der Waals surface area (Å²) in [5.41, 5.74) is 1.31. The minimum absolute atomic E-state index is 0.337. The number of aromatic nitrogens is 1. The number of thiazole rings is 1. The van der Waals surface area contributed by atoms with Crippen molar-refractivity contribution in [3.05, 3.63) is 63.9 Å². The van der Waals surface area contributed by atoms with Gasteiger partial charge < -0.3 is 0 Å². The zero-order valence-electron chi connectivity index (χ0n) is 11.5. The van der Waals surface area contributed by atoms with Crippen molar-refractivity contribution in [3.8, 4) is 0 Å². The van der Waals surface area contributed by atoms with Gasteiger partial charge in [-0.2, -0.15) is 0 Å². The number of fused-ring (bicyclic) bond motifs is 1. The molecular formula is C16H9Cl2FN2OS. The van der Waals surface area contributed by atoms with Crippen LogP contribution in [0, 0.1) is 5.82 Å². The van der Waals surface area contributed by atoms with Gasteiger partial charge in [-0.05, 0) is 42.0 Å². The van der Waals surface area contributed by atoms with E-state index >= 15 is 0 Å². The Labute approximate surface area is 145 Å². The fourth-order valence-electron chi connectivity index (χ4n) is 1.90. The Bertz CT molecular complexity index is 924. The van der Waals surface area contributed by atoms with Crippen LogP contribution in [0.15, 0.2) is 42.5 Å². The third kappa shape index (κ3) is 3.88. The number of hydrogen-bond donors (Lipinski definition) is 1. The van der Waals surface area contributed by atoms with E-state index in [4.69, 9.17) is 23.2 Å². The van der Waals surface area contributed by atoms with E-state index < -0.39 is 0 Å². The summed E-state index contributed by atoms with van der Waals surface area (Å²) >= 11 is 13.0. The molecule has 7 heteroatoms. The van der Waals surface area contributed by atoms with E-state index in [1.807, 2.05) is 0 Å². The average molecular weight is 367 g/mol. The van der Waals surface area contributed by atoms with Crippen molar-refractivity contribution in [1.82, 2.24) is 4.98 Å². The normalized spacial score (nSPS) is 11.3. The first-order chi connectivity index (χ1) is 11.0. The molecule has 0 saturated heterocycles. The molecule has 0 spiro atoms. The third-order valence-corrected chi connectivity index (χ3v) is 4.45. The minimum Gasteiger partial charge on any atom is -0.298 e. The van der Waals surface area contributed by atoms with Gasteiger partial charge >= 0.3 is 0 Å². The lowest BCUT2D eigenvalue weighted by Gasteiger charge is -1.99. The molecule has 0 aliphatic rings. The maximum absolute atomic E-state index is 13.1. The van der Waals surface area contributed by atoms with Crippen LogP contribution in [0.25, 0.3) is 16.3 Å². The maximum Gasteiger partial charge on any atom is 0.250 e. The van der Waals surface area contributed by atoms with Gasteiger partial charge in [0.1, 0.15) is 5.82 Å². The number of nitrogens with one attached hydrogen (secondary N) is 1. The highest BCUT2D eigenvalue weighted by Gasteiger charge is 2.07. The van der Waals surface area contributed by atoms with Gasteiger partial charge in [0.2, 0.25) is 5.91 Å². The van der Waals surface area contributed by atoms with Crippen LogP contribution in [0.1, 0.15) is 5.56 Å². The second-order valence-corrected chi connectivity index (χ2v) is 6.49. The highest BCUT2D eigenvalue weighted by atomic mass is 35.5. The van der Waals surface area contributed by atoms with E-state index in [0.717, 1.165) is 0 Å². The molecule has 1 aromatic heterocycles. The Kier molecular flexibility index (Phi) is 4.61. The lowest BCUT2D eigenvalue weighted by molar-refractivity contribution is -0.111. The van der Waals surface area contributed by atoms with Crippen molar-refractivity contribution in [1.29, 1.82) is 0 Å². The van der Waals surface area contributed by atoms with E-state index in [9.17, 15) is 9.18 Å². The van der Waals surface area contributed by atoms with Gasteiger partial charge in [0.05, 0.1) is 10.2 Å². The number of halogens is 3. The molecule has 0 unspecified atom stereocenters. The van der Waals surface area contributed by atoms with Crippen LogP contribution in [-0.2, 0) is 4.79 Å². The van der Waals surface area contributed by atoms with Crippen LogP contribution in [0.3, 0.4) is 0 Å². The molecule has 0 bridgehead atoms. The molecule has 0 radical (unpaired) electrons. The van der Waals surface area contributed by atoms with Crippen LogP contribution < -0.4 is 5.32 Å². The summed E-state index contributed by atoms with van der Waals surface area (Å²) in [7, 11) is 0. The molecule has 0 atom stereocenters. The van der Waals surface area contributed by atoms with Crippen LogP contribution in [-0.4, -0.2) is 10.9 Å². The molecule has 0 aliphatic heterocycles. The monoisotopic (exact) mass is 366 g/mol. The van der Waals surface area contributed by atoms with Gasteiger partial charge in [0, 0.05) is 16.1 Å². The Morgan fingerprint density at radius 2 is 2.04 bits per heavy atom. The highest BCUT2D eigenvalue weighted by Crippen LogP contribution is 2.26. The number of anilines is 1. The maximum atomic E-state index is 13.1. The number of rotatable bonds is 3. The lowest BCUT2D eigenvalue weighted by Crippen LogP contribution is -2.07. The first-order valence-electron chi connectivity index (χ1n) is 6.51. The molecule has 1 N–H and O–H groups in total. The number of hydrogen-bond acceptors (Lipinski definition) is 3. The standard InChI is InChI=1S/C16H9Cl2FN2OS/c17-10-3-1-9(12(18)7-10)2-6-15(22)21-16-20-13-5-4-11(19)8-14(13)23-16/h1-8H,(H,20,21,22). The molecule has 1 heterocycles. The molecular weight excluding hydrogens is 358 g/mol. The zero-order valence-corrected chi connectivity index (χ0v) is 13.8. The largest absolute Gasteiger partial charge is 0.298 e. The van der Waals surface area contributed by atoms with Gasteiger partial charge in [-0.25, -0.2) is 9.37 Å². The molecule has 0 fully saturated rings. The minimum atomic E-state index is -0.351. The van der Waals surface area contributed by atoms with Crippen molar-refractivity contribution in [3.63, 3.8) is 0 Å². The number of carbonyl (C=O) groups is 1. The highest BCUT2D eigenvalue weighted by molar-refractivity contribution is 7.22. The summed E-state index contributed by atoms with van der Waals surface area (Å²) in [6, 6.07) is 9.28. The first-order valence-corrected chi connectivity index (χ1v) is 8.09. The average Bonchev–Trinajstić information content (AvgIpc) is 2.87. The second kappa shape index (κ2) is 6.66. The third-order valence-electron chi connectivity index (χ3n) is 2.96. The molecule has 3 rings (SSSR count). The lowest BCUT2D eigenvalue weighted by atomic mass is 10.2. The number of benzene rings is 2. The quantitative estimate of drug-likeness (QED) is 0.631. The summed E-state index contributed by atoms with van der Waals surface area (Å²) in [5.74, 6) is -0.688. The molecule has 116 valence electrons.